The molecule has 4 rings (SSSR count). The standard InChI is InChI=1S/C23H26N2O2S2/c1-15-11-20-21(12-16(15)2)29-23(24-20)25(14-18-5-4-10-27-18)22(26)13-17-6-8-19(28-3)9-7-17/h6-9,11-12,18H,4-5,10,13-14H2,1-3H3. The molecule has 152 valence electrons. The van der Waals surface area contributed by atoms with E-state index in [0.717, 1.165) is 40.4 Å². The van der Waals surface area contributed by atoms with E-state index in [4.69, 9.17) is 9.72 Å². The summed E-state index contributed by atoms with van der Waals surface area (Å²) >= 11 is 3.30. The molecule has 3 aromatic rings. The molecule has 1 saturated heterocycles. The average Bonchev–Trinajstić information content (AvgIpc) is 3.36. The van der Waals surface area contributed by atoms with Crippen LogP contribution in [0, 0.1) is 13.8 Å². The zero-order chi connectivity index (χ0) is 20.4. The van der Waals surface area contributed by atoms with Crippen molar-refractivity contribution in [2.45, 2.75) is 44.1 Å². The number of hydrogen-bond acceptors (Lipinski definition) is 5. The third-order valence-corrected chi connectivity index (χ3v) is 7.23. The Hall–Kier alpha value is -1.89. The molecule has 0 saturated carbocycles. The molecule has 29 heavy (non-hydrogen) atoms. The van der Waals surface area contributed by atoms with Crippen LogP contribution in [0.3, 0.4) is 0 Å². The first-order chi connectivity index (χ1) is 14.0. The number of anilines is 1. The largest absolute Gasteiger partial charge is 0.376 e. The molecule has 2 aromatic carbocycles. The Kier molecular flexibility index (Phi) is 6.23. The lowest BCUT2D eigenvalue weighted by molar-refractivity contribution is -0.118. The molecule has 1 aromatic heterocycles. The van der Waals surface area contributed by atoms with Crippen LogP contribution in [0.15, 0.2) is 41.3 Å². The van der Waals surface area contributed by atoms with Gasteiger partial charge in [0.2, 0.25) is 5.91 Å². The molecule has 1 atom stereocenters. The highest BCUT2D eigenvalue weighted by Gasteiger charge is 2.26. The molecule has 0 spiro atoms. The highest BCUT2D eigenvalue weighted by atomic mass is 32.2. The van der Waals surface area contributed by atoms with Gasteiger partial charge in [-0.05, 0) is 73.9 Å². The van der Waals surface area contributed by atoms with Crippen LogP contribution >= 0.6 is 23.1 Å². The summed E-state index contributed by atoms with van der Waals surface area (Å²) in [5, 5.41) is 0.770. The maximum Gasteiger partial charge on any atom is 0.233 e. The number of ether oxygens (including phenoxy) is 1. The van der Waals surface area contributed by atoms with Crippen LogP contribution in [0.5, 0.6) is 0 Å². The Morgan fingerprint density at radius 3 is 2.69 bits per heavy atom. The van der Waals surface area contributed by atoms with Crippen LogP contribution in [0.2, 0.25) is 0 Å². The molecule has 1 amide bonds. The highest BCUT2D eigenvalue weighted by Crippen LogP contribution is 2.32. The number of aryl methyl sites for hydroxylation is 2. The number of fused-ring (bicyclic) bond motifs is 1. The van der Waals surface area contributed by atoms with Crippen LogP contribution in [0.1, 0.15) is 29.5 Å². The van der Waals surface area contributed by atoms with E-state index in [2.05, 4.69) is 44.4 Å². The summed E-state index contributed by atoms with van der Waals surface area (Å²) in [6.45, 7) is 5.56. The van der Waals surface area contributed by atoms with Crippen LogP contribution < -0.4 is 4.90 Å². The van der Waals surface area contributed by atoms with Crippen molar-refractivity contribution in [1.82, 2.24) is 4.98 Å². The summed E-state index contributed by atoms with van der Waals surface area (Å²) < 4.78 is 6.95. The number of carbonyl (C=O) groups excluding carboxylic acids is 1. The summed E-state index contributed by atoms with van der Waals surface area (Å²) in [7, 11) is 0. The van der Waals surface area contributed by atoms with Crippen molar-refractivity contribution >= 4 is 44.4 Å². The van der Waals surface area contributed by atoms with Gasteiger partial charge < -0.3 is 4.74 Å². The summed E-state index contributed by atoms with van der Waals surface area (Å²) in [5.41, 5.74) is 4.46. The molecule has 0 radical (unpaired) electrons. The Morgan fingerprint density at radius 2 is 2.00 bits per heavy atom. The quantitative estimate of drug-likeness (QED) is 0.496. The molecule has 0 N–H and O–H groups in total. The van der Waals surface area contributed by atoms with Crippen LogP contribution in [-0.2, 0) is 16.0 Å². The second-order valence-electron chi connectivity index (χ2n) is 7.56. The normalized spacial score (nSPS) is 16.4. The summed E-state index contributed by atoms with van der Waals surface area (Å²) in [5.74, 6) is 0.0740. The second kappa shape index (κ2) is 8.86. The van der Waals surface area contributed by atoms with Crippen molar-refractivity contribution in [2.24, 2.45) is 0 Å². The van der Waals surface area contributed by atoms with E-state index in [1.807, 2.05) is 17.0 Å². The SMILES string of the molecule is CSc1ccc(CC(=O)N(CC2CCCO2)c2nc3cc(C)c(C)cc3s2)cc1. The van der Waals surface area contributed by atoms with Crippen LogP contribution in [0.25, 0.3) is 10.2 Å². The molecular formula is C23H26N2O2S2. The average molecular weight is 427 g/mol. The summed E-state index contributed by atoms with van der Waals surface area (Å²) in [6, 6.07) is 12.5. The lowest BCUT2D eigenvalue weighted by Gasteiger charge is -2.23. The van der Waals surface area contributed by atoms with Gasteiger partial charge in [-0.2, -0.15) is 0 Å². The number of thiazole rings is 1. The van der Waals surface area contributed by atoms with Crippen molar-refractivity contribution in [3.63, 3.8) is 0 Å². The van der Waals surface area contributed by atoms with E-state index in [0.29, 0.717) is 13.0 Å². The third-order valence-electron chi connectivity index (χ3n) is 5.45. The number of amides is 1. The smallest absolute Gasteiger partial charge is 0.233 e. The first-order valence-corrected chi connectivity index (χ1v) is 12.0. The topological polar surface area (TPSA) is 42.4 Å². The third kappa shape index (κ3) is 4.65. The van der Waals surface area contributed by atoms with Gasteiger partial charge in [-0.3, -0.25) is 9.69 Å². The fourth-order valence-electron chi connectivity index (χ4n) is 3.58. The lowest BCUT2D eigenvalue weighted by Crippen LogP contribution is -2.38. The summed E-state index contributed by atoms with van der Waals surface area (Å²) in [4.78, 5) is 21.2. The number of hydrogen-bond donors (Lipinski definition) is 0. The molecule has 6 heteroatoms. The molecule has 1 aliphatic heterocycles. The zero-order valence-corrected chi connectivity index (χ0v) is 18.7. The first kappa shape index (κ1) is 20.4. The van der Waals surface area contributed by atoms with E-state index in [9.17, 15) is 4.79 Å². The van der Waals surface area contributed by atoms with Gasteiger partial charge in [-0.1, -0.05) is 23.5 Å². The molecule has 2 heterocycles. The number of nitrogens with zero attached hydrogens (tertiary/aromatic N) is 2. The first-order valence-electron chi connectivity index (χ1n) is 9.96. The van der Waals surface area contributed by atoms with Gasteiger partial charge in [0.15, 0.2) is 5.13 Å². The van der Waals surface area contributed by atoms with E-state index < -0.39 is 0 Å². The predicted molar refractivity (Wildman–Crippen MR) is 122 cm³/mol. The van der Waals surface area contributed by atoms with Crippen molar-refractivity contribution in [3.8, 4) is 0 Å². The number of rotatable bonds is 6. The Bertz CT molecular complexity index is 969. The number of benzene rings is 2. The fourth-order valence-corrected chi connectivity index (χ4v) is 5.06. The van der Waals surface area contributed by atoms with E-state index in [1.54, 1.807) is 23.1 Å². The minimum Gasteiger partial charge on any atom is -0.376 e. The van der Waals surface area contributed by atoms with Gasteiger partial charge in [0.05, 0.1) is 29.3 Å². The molecule has 1 aliphatic rings. The molecule has 0 bridgehead atoms. The second-order valence-corrected chi connectivity index (χ2v) is 9.45. The van der Waals surface area contributed by atoms with Gasteiger partial charge in [0, 0.05) is 11.5 Å². The monoisotopic (exact) mass is 426 g/mol. The van der Waals surface area contributed by atoms with Crippen molar-refractivity contribution in [3.05, 3.63) is 53.1 Å². The van der Waals surface area contributed by atoms with Crippen molar-refractivity contribution < 1.29 is 9.53 Å². The van der Waals surface area contributed by atoms with Gasteiger partial charge in [-0.15, -0.1) is 11.8 Å². The molecule has 4 nitrogen and oxygen atoms in total. The Labute approximate surface area is 180 Å². The maximum absolute atomic E-state index is 13.3. The predicted octanol–water partition coefficient (Wildman–Crippen LogP) is 5.39. The molecular weight excluding hydrogens is 400 g/mol. The Morgan fingerprint density at radius 1 is 1.24 bits per heavy atom. The highest BCUT2D eigenvalue weighted by molar-refractivity contribution is 7.98. The molecule has 0 aliphatic carbocycles. The van der Waals surface area contributed by atoms with Crippen molar-refractivity contribution in [2.75, 3.05) is 24.3 Å². The van der Waals surface area contributed by atoms with E-state index in [-0.39, 0.29) is 12.0 Å². The molecule has 1 fully saturated rings. The zero-order valence-electron chi connectivity index (χ0n) is 17.1. The summed E-state index contributed by atoms with van der Waals surface area (Å²) in [6.07, 6.45) is 4.57. The molecule has 1 unspecified atom stereocenters. The van der Waals surface area contributed by atoms with Crippen molar-refractivity contribution in [1.29, 1.82) is 0 Å². The van der Waals surface area contributed by atoms with E-state index in [1.165, 1.54) is 16.0 Å². The number of aromatic nitrogens is 1. The fraction of sp³-hybridized carbons (Fsp3) is 0.391. The van der Waals surface area contributed by atoms with E-state index >= 15 is 0 Å². The van der Waals surface area contributed by atoms with Gasteiger partial charge >= 0.3 is 0 Å². The van der Waals surface area contributed by atoms with Gasteiger partial charge in [0.25, 0.3) is 0 Å². The van der Waals surface area contributed by atoms with Crippen LogP contribution in [0.4, 0.5) is 5.13 Å². The maximum atomic E-state index is 13.3. The minimum atomic E-state index is 0.0740. The minimum absolute atomic E-state index is 0.0740. The van der Waals surface area contributed by atoms with Crippen LogP contribution in [-0.4, -0.2) is 36.4 Å². The lowest BCUT2D eigenvalue weighted by atomic mass is 10.1. The van der Waals surface area contributed by atoms with Gasteiger partial charge in [0.1, 0.15) is 0 Å². The number of carbonyl (C=O) groups is 1. The van der Waals surface area contributed by atoms with Gasteiger partial charge in [-0.25, -0.2) is 4.98 Å². The Balaban J connectivity index is 1.62. The number of thioether (sulfide) groups is 1.